The van der Waals surface area contributed by atoms with Gasteiger partial charge >= 0.3 is 6.18 Å². The Labute approximate surface area is 101 Å². The fraction of sp³-hybridized carbons (Fsp3) is 0.364. The second kappa shape index (κ2) is 5.70. The van der Waals surface area contributed by atoms with Gasteiger partial charge in [-0.3, -0.25) is 4.79 Å². The molecule has 0 unspecified atom stereocenters. The van der Waals surface area contributed by atoms with Gasteiger partial charge in [0.25, 0.3) is 0 Å². The molecule has 1 aromatic carbocycles. The summed E-state index contributed by atoms with van der Waals surface area (Å²) in [6.07, 6.45) is -4.05. The number of rotatable bonds is 5. The first-order valence-electron chi connectivity index (χ1n) is 5.19. The molecule has 0 atom stereocenters. The van der Waals surface area contributed by atoms with Crippen molar-refractivity contribution in [2.45, 2.75) is 19.0 Å². The van der Waals surface area contributed by atoms with Gasteiger partial charge in [0.15, 0.2) is 0 Å². The molecule has 3 N–H and O–H groups in total. The van der Waals surface area contributed by atoms with Crippen LogP contribution in [0, 0.1) is 5.82 Å². The second-order valence-corrected chi connectivity index (χ2v) is 3.69. The molecule has 100 valence electrons. The molecule has 0 aliphatic carbocycles. The van der Waals surface area contributed by atoms with Gasteiger partial charge in [0.2, 0.25) is 5.91 Å². The number of hydrogen-bond donors (Lipinski definition) is 2. The van der Waals surface area contributed by atoms with Gasteiger partial charge in [0.1, 0.15) is 5.82 Å². The summed E-state index contributed by atoms with van der Waals surface area (Å²) in [5.41, 5.74) is 3.83. The minimum Gasteiger partial charge on any atom is -0.383 e. The highest BCUT2D eigenvalue weighted by atomic mass is 19.4. The van der Waals surface area contributed by atoms with Crippen molar-refractivity contribution in [3.63, 3.8) is 0 Å². The van der Waals surface area contributed by atoms with Crippen LogP contribution < -0.4 is 11.1 Å². The Morgan fingerprint density at radius 1 is 1.33 bits per heavy atom. The van der Waals surface area contributed by atoms with E-state index >= 15 is 0 Å². The van der Waals surface area contributed by atoms with Crippen LogP contribution in [-0.4, -0.2) is 12.5 Å². The Hall–Kier alpha value is -1.79. The van der Waals surface area contributed by atoms with Gasteiger partial charge in [-0.2, -0.15) is 13.2 Å². The first-order valence-corrected chi connectivity index (χ1v) is 5.19. The third kappa shape index (κ3) is 4.23. The molecule has 0 spiro atoms. The highest BCUT2D eigenvalue weighted by Crippen LogP contribution is 2.31. The monoisotopic (exact) mass is 264 g/mol. The molecule has 0 saturated carbocycles. The standard InChI is InChI=1S/C11H12F4N2O/c12-8-6-7(11(13,14)15)3-4-9(8)17-5-1-2-10(16)18/h3-4,6,17H,1-2,5H2,(H2,16,18). The van der Waals surface area contributed by atoms with E-state index in [1.807, 2.05) is 0 Å². The van der Waals surface area contributed by atoms with E-state index < -0.39 is 23.5 Å². The van der Waals surface area contributed by atoms with Crippen molar-refractivity contribution in [2.75, 3.05) is 11.9 Å². The number of nitrogens with two attached hydrogens (primary N) is 1. The summed E-state index contributed by atoms with van der Waals surface area (Å²) in [5.74, 6) is -1.46. The van der Waals surface area contributed by atoms with E-state index in [9.17, 15) is 22.4 Å². The van der Waals surface area contributed by atoms with E-state index in [2.05, 4.69) is 5.32 Å². The van der Waals surface area contributed by atoms with E-state index in [0.29, 0.717) is 12.5 Å². The number of anilines is 1. The van der Waals surface area contributed by atoms with Gasteiger partial charge in [-0.05, 0) is 24.6 Å². The number of benzene rings is 1. The highest BCUT2D eigenvalue weighted by molar-refractivity contribution is 5.73. The Kier molecular flexibility index (Phi) is 4.52. The minimum absolute atomic E-state index is 0.0347. The lowest BCUT2D eigenvalue weighted by Gasteiger charge is -2.10. The highest BCUT2D eigenvalue weighted by Gasteiger charge is 2.31. The number of nitrogens with one attached hydrogen (secondary N) is 1. The molecule has 1 aromatic rings. The fourth-order valence-electron chi connectivity index (χ4n) is 1.32. The summed E-state index contributed by atoms with van der Waals surface area (Å²) in [7, 11) is 0. The largest absolute Gasteiger partial charge is 0.416 e. The van der Waals surface area contributed by atoms with Gasteiger partial charge in [0.05, 0.1) is 11.3 Å². The van der Waals surface area contributed by atoms with Gasteiger partial charge in [-0.15, -0.1) is 0 Å². The topological polar surface area (TPSA) is 55.1 Å². The number of hydrogen-bond acceptors (Lipinski definition) is 2. The normalized spacial score (nSPS) is 11.3. The van der Waals surface area contributed by atoms with E-state index in [0.717, 1.165) is 12.1 Å². The van der Waals surface area contributed by atoms with E-state index in [1.165, 1.54) is 0 Å². The first-order chi connectivity index (χ1) is 8.30. The number of primary amides is 1. The molecular formula is C11H12F4N2O. The van der Waals surface area contributed by atoms with Crippen molar-refractivity contribution in [3.8, 4) is 0 Å². The zero-order valence-electron chi connectivity index (χ0n) is 9.35. The maximum atomic E-state index is 13.3. The number of alkyl halides is 3. The number of halogens is 4. The lowest BCUT2D eigenvalue weighted by atomic mass is 10.2. The lowest BCUT2D eigenvalue weighted by Crippen LogP contribution is -2.13. The Bertz CT molecular complexity index is 432. The average Bonchev–Trinajstić information content (AvgIpc) is 2.24. The summed E-state index contributed by atoms with van der Waals surface area (Å²) >= 11 is 0. The molecule has 3 nitrogen and oxygen atoms in total. The van der Waals surface area contributed by atoms with E-state index in [-0.39, 0.29) is 18.7 Å². The third-order valence-corrected chi connectivity index (χ3v) is 2.21. The fourth-order valence-corrected chi connectivity index (χ4v) is 1.32. The van der Waals surface area contributed by atoms with Crippen LogP contribution in [0.5, 0.6) is 0 Å². The molecule has 1 rings (SSSR count). The molecule has 7 heteroatoms. The minimum atomic E-state index is -4.56. The van der Waals surface area contributed by atoms with Crippen molar-refractivity contribution >= 4 is 11.6 Å². The maximum Gasteiger partial charge on any atom is 0.416 e. The van der Waals surface area contributed by atoms with Crippen LogP contribution >= 0.6 is 0 Å². The van der Waals surface area contributed by atoms with Crippen molar-refractivity contribution in [1.29, 1.82) is 0 Å². The molecule has 0 aliphatic rings. The number of amides is 1. The van der Waals surface area contributed by atoms with Crippen LogP contribution in [0.2, 0.25) is 0 Å². The summed E-state index contributed by atoms with van der Waals surface area (Å²) in [6.45, 7) is 0.255. The lowest BCUT2D eigenvalue weighted by molar-refractivity contribution is -0.137. The third-order valence-electron chi connectivity index (χ3n) is 2.21. The van der Waals surface area contributed by atoms with Crippen molar-refractivity contribution < 1.29 is 22.4 Å². The SMILES string of the molecule is NC(=O)CCCNc1ccc(C(F)(F)F)cc1F. The summed E-state index contributed by atoms with van der Waals surface area (Å²) in [5, 5.41) is 2.60. The quantitative estimate of drug-likeness (QED) is 0.634. The zero-order chi connectivity index (χ0) is 13.8. The summed E-state index contributed by atoms with van der Waals surface area (Å²) in [4.78, 5) is 10.4. The first kappa shape index (κ1) is 14.3. The average molecular weight is 264 g/mol. The van der Waals surface area contributed by atoms with Gasteiger partial charge in [-0.1, -0.05) is 0 Å². The maximum absolute atomic E-state index is 13.3. The van der Waals surface area contributed by atoms with Gasteiger partial charge in [0, 0.05) is 13.0 Å². The molecule has 0 radical (unpaired) electrons. The molecule has 1 amide bonds. The predicted molar refractivity (Wildman–Crippen MR) is 58.3 cm³/mol. The molecule has 18 heavy (non-hydrogen) atoms. The number of carbonyl (C=O) groups excluding carboxylic acids is 1. The Morgan fingerprint density at radius 3 is 2.50 bits per heavy atom. The second-order valence-electron chi connectivity index (χ2n) is 3.69. The van der Waals surface area contributed by atoms with Crippen molar-refractivity contribution in [3.05, 3.63) is 29.6 Å². The molecule has 0 fully saturated rings. The molecule has 0 heterocycles. The van der Waals surface area contributed by atoms with Crippen LogP contribution in [-0.2, 0) is 11.0 Å². The van der Waals surface area contributed by atoms with Crippen LogP contribution in [0.4, 0.5) is 23.2 Å². The smallest absolute Gasteiger partial charge is 0.383 e. The Balaban J connectivity index is 2.60. The van der Waals surface area contributed by atoms with E-state index in [1.54, 1.807) is 0 Å². The summed E-state index contributed by atoms with van der Waals surface area (Å²) in [6, 6.07) is 2.23. The van der Waals surface area contributed by atoms with Crippen molar-refractivity contribution in [1.82, 2.24) is 0 Å². The van der Waals surface area contributed by atoms with Crippen molar-refractivity contribution in [2.24, 2.45) is 5.73 Å². The molecule has 0 aromatic heterocycles. The zero-order valence-corrected chi connectivity index (χ0v) is 9.35. The molecule has 0 saturated heterocycles. The predicted octanol–water partition coefficient (Wildman–Crippen LogP) is 2.52. The van der Waals surface area contributed by atoms with Crippen LogP contribution in [0.15, 0.2) is 18.2 Å². The van der Waals surface area contributed by atoms with Crippen LogP contribution in [0.3, 0.4) is 0 Å². The molecule has 0 bridgehead atoms. The Morgan fingerprint density at radius 2 is 2.00 bits per heavy atom. The number of carbonyl (C=O) groups is 1. The molecular weight excluding hydrogens is 252 g/mol. The molecule has 0 aliphatic heterocycles. The van der Waals surface area contributed by atoms with Gasteiger partial charge in [-0.25, -0.2) is 4.39 Å². The van der Waals surface area contributed by atoms with Crippen LogP contribution in [0.25, 0.3) is 0 Å². The van der Waals surface area contributed by atoms with E-state index in [4.69, 9.17) is 5.73 Å². The van der Waals surface area contributed by atoms with Gasteiger partial charge < -0.3 is 11.1 Å². The van der Waals surface area contributed by atoms with Crippen LogP contribution in [0.1, 0.15) is 18.4 Å². The summed E-state index contributed by atoms with van der Waals surface area (Å²) < 4.78 is 50.1.